The highest BCUT2D eigenvalue weighted by atomic mass is 16.5. The SMILES string of the molecule is CC[C@]12CCCN(/C=C/C(=O)Nc3ccccc3)CCc3c(n(c4ccccc34)[C@@](O)(C(=O)OC)C1)[C@@H]2C. The number of hydrogen-bond acceptors (Lipinski definition) is 5. The Morgan fingerprint density at radius 2 is 1.87 bits per heavy atom. The number of nitrogens with zero attached hydrogens (tertiary/aromatic N) is 2. The van der Waals surface area contributed by atoms with Crippen LogP contribution >= 0.6 is 0 Å². The molecule has 0 unspecified atom stereocenters. The van der Waals surface area contributed by atoms with Crippen LogP contribution < -0.4 is 5.32 Å². The highest BCUT2D eigenvalue weighted by molar-refractivity contribution is 5.99. The van der Waals surface area contributed by atoms with Gasteiger partial charge in [-0.25, -0.2) is 4.79 Å². The molecule has 0 fully saturated rings. The number of aliphatic hydroxyl groups is 1. The molecule has 2 aliphatic rings. The standard InChI is InChI=1S/C31H37N3O4/c1-4-30-17-10-18-33(20-16-27(35)32-23-11-6-5-7-12-23)19-15-25-24-13-8-9-14-26(24)34(28(25)22(30)2)31(37,21-30)29(36)38-3/h5-9,11-14,16,20,22,37H,4,10,15,17-19,21H2,1-3H3,(H,32,35)/b20-16+/t22-,30-,31-/m0/s1. The van der Waals surface area contributed by atoms with E-state index in [1.54, 1.807) is 6.08 Å². The van der Waals surface area contributed by atoms with Gasteiger partial charge >= 0.3 is 5.97 Å². The molecule has 3 heterocycles. The lowest BCUT2D eigenvalue weighted by Crippen LogP contribution is -2.53. The maximum atomic E-state index is 13.2. The van der Waals surface area contributed by atoms with E-state index in [-0.39, 0.29) is 17.2 Å². The van der Waals surface area contributed by atoms with E-state index in [2.05, 4.69) is 30.1 Å². The number of amides is 1. The van der Waals surface area contributed by atoms with E-state index < -0.39 is 11.7 Å². The molecule has 3 atom stereocenters. The van der Waals surface area contributed by atoms with Gasteiger partial charge in [0.2, 0.25) is 11.6 Å². The lowest BCUT2D eigenvalue weighted by Gasteiger charge is -2.50. The van der Waals surface area contributed by atoms with Gasteiger partial charge in [0.05, 0.1) is 12.6 Å². The van der Waals surface area contributed by atoms with Crippen LogP contribution in [0.25, 0.3) is 10.9 Å². The van der Waals surface area contributed by atoms with E-state index in [1.165, 1.54) is 7.11 Å². The quantitative estimate of drug-likeness (QED) is 0.363. The molecule has 0 radical (unpaired) electrons. The molecule has 2 N–H and O–H groups in total. The predicted octanol–water partition coefficient (Wildman–Crippen LogP) is 5.15. The molecule has 0 spiro atoms. The number of anilines is 1. The van der Waals surface area contributed by atoms with E-state index in [1.807, 2.05) is 59.3 Å². The molecule has 1 amide bonds. The average molecular weight is 516 g/mol. The minimum Gasteiger partial charge on any atom is -0.465 e. The Morgan fingerprint density at radius 3 is 2.61 bits per heavy atom. The minimum absolute atomic E-state index is 0.161. The molecule has 7 heteroatoms. The van der Waals surface area contributed by atoms with Crippen molar-refractivity contribution in [2.24, 2.45) is 5.41 Å². The first-order chi connectivity index (χ1) is 18.3. The minimum atomic E-state index is -1.75. The van der Waals surface area contributed by atoms with Crippen molar-refractivity contribution in [3.8, 4) is 0 Å². The number of aromatic nitrogens is 1. The Balaban J connectivity index is 1.54. The summed E-state index contributed by atoms with van der Waals surface area (Å²) in [6, 6.07) is 17.4. The summed E-state index contributed by atoms with van der Waals surface area (Å²) in [5.41, 5.74) is 1.79. The third-order valence-electron chi connectivity index (χ3n) is 8.78. The highest BCUT2D eigenvalue weighted by Crippen LogP contribution is 2.56. The van der Waals surface area contributed by atoms with Gasteiger partial charge in [-0.2, -0.15) is 0 Å². The molecule has 200 valence electrons. The predicted molar refractivity (Wildman–Crippen MR) is 149 cm³/mol. The molecular weight excluding hydrogens is 478 g/mol. The summed E-state index contributed by atoms with van der Waals surface area (Å²) in [6.45, 7) is 5.91. The van der Waals surface area contributed by atoms with Crippen LogP contribution in [0.3, 0.4) is 0 Å². The van der Waals surface area contributed by atoms with E-state index in [4.69, 9.17) is 4.74 Å². The second-order valence-electron chi connectivity index (χ2n) is 10.7. The van der Waals surface area contributed by atoms with Gasteiger partial charge in [0.25, 0.3) is 0 Å². The first-order valence-electron chi connectivity index (χ1n) is 13.5. The first-order valence-corrected chi connectivity index (χ1v) is 13.5. The van der Waals surface area contributed by atoms with Gasteiger partial charge in [-0.15, -0.1) is 0 Å². The van der Waals surface area contributed by atoms with Crippen molar-refractivity contribution >= 4 is 28.5 Å². The molecule has 38 heavy (non-hydrogen) atoms. The van der Waals surface area contributed by atoms with Gasteiger partial charge in [0.15, 0.2) is 0 Å². The summed E-state index contributed by atoms with van der Waals surface area (Å²) >= 11 is 0. The molecule has 0 saturated heterocycles. The molecule has 0 saturated carbocycles. The van der Waals surface area contributed by atoms with Gasteiger partial charge in [-0.3, -0.25) is 4.79 Å². The van der Waals surface area contributed by atoms with E-state index >= 15 is 0 Å². The molecule has 2 aliphatic heterocycles. The first kappa shape index (κ1) is 26.0. The maximum absolute atomic E-state index is 13.2. The summed E-state index contributed by atoms with van der Waals surface area (Å²) < 4.78 is 7.04. The Hall–Kier alpha value is -3.58. The molecule has 3 aromatic rings. The number of rotatable bonds is 5. The Morgan fingerprint density at radius 1 is 1.13 bits per heavy atom. The number of ether oxygens (including phenoxy) is 1. The van der Waals surface area contributed by atoms with Crippen molar-refractivity contribution in [3.05, 3.63) is 78.1 Å². The number of hydrogen-bond donors (Lipinski definition) is 2. The van der Waals surface area contributed by atoms with E-state index in [9.17, 15) is 14.7 Å². The Kier molecular flexibility index (Phi) is 7.05. The molecule has 7 nitrogen and oxygen atoms in total. The largest absolute Gasteiger partial charge is 0.465 e. The third-order valence-corrected chi connectivity index (χ3v) is 8.78. The van der Waals surface area contributed by atoms with Gasteiger partial charge in [-0.1, -0.05) is 50.2 Å². The second-order valence-corrected chi connectivity index (χ2v) is 10.7. The lowest BCUT2D eigenvalue weighted by atomic mass is 9.62. The van der Waals surface area contributed by atoms with Gasteiger partial charge in [0, 0.05) is 54.5 Å². The fraction of sp³-hybridized carbons (Fsp3) is 0.419. The number of fused-ring (bicyclic) bond motifs is 4. The fourth-order valence-corrected chi connectivity index (χ4v) is 6.72. The van der Waals surface area contributed by atoms with Crippen molar-refractivity contribution < 1.29 is 19.4 Å². The van der Waals surface area contributed by atoms with Crippen molar-refractivity contribution in [3.63, 3.8) is 0 Å². The molecule has 2 bridgehead atoms. The molecule has 0 aliphatic carbocycles. The van der Waals surface area contributed by atoms with Crippen molar-refractivity contribution in [1.29, 1.82) is 0 Å². The summed E-state index contributed by atoms with van der Waals surface area (Å²) in [7, 11) is 1.35. The maximum Gasteiger partial charge on any atom is 0.359 e. The van der Waals surface area contributed by atoms with Crippen LogP contribution in [0, 0.1) is 5.41 Å². The zero-order valence-electron chi connectivity index (χ0n) is 22.4. The van der Waals surface area contributed by atoms with Crippen LogP contribution in [0.15, 0.2) is 66.9 Å². The van der Waals surface area contributed by atoms with E-state index in [0.29, 0.717) is 6.42 Å². The third kappa shape index (κ3) is 4.39. The normalized spacial score (nSPS) is 25.4. The number of esters is 1. The average Bonchev–Trinajstić information content (AvgIpc) is 3.27. The fourth-order valence-electron chi connectivity index (χ4n) is 6.72. The Bertz CT molecular complexity index is 1360. The summed E-state index contributed by atoms with van der Waals surface area (Å²) in [4.78, 5) is 28.0. The molecule has 1 aromatic heterocycles. The van der Waals surface area contributed by atoms with Crippen LogP contribution in [-0.2, 0) is 26.5 Å². The van der Waals surface area contributed by atoms with Crippen molar-refractivity contribution in [2.45, 2.75) is 57.6 Å². The van der Waals surface area contributed by atoms with Crippen LogP contribution in [0.1, 0.15) is 56.7 Å². The monoisotopic (exact) mass is 515 g/mol. The number of carbonyl (C=O) groups excluding carboxylic acids is 2. The van der Waals surface area contributed by atoms with Crippen LogP contribution in [-0.4, -0.2) is 46.6 Å². The number of benzene rings is 2. The van der Waals surface area contributed by atoms with Crippen molar-refractivity contribution in [1.82, 2.24) is 9.47 Å². The molecular formula is C31H37N3O4. The smallest absolute Gasteiger partial charge is 0.359 e. The summed E-state index contributed by atoms with van der Waals surface area (Å²) in [6.07, 6.45) is 7.11. The van der Waals surface area contributed by atoms with E-state index in [0.717, 1.165) is 66.6 Å². The van der Waals surface area contributed by atoms with Crippen molar-refractivity contribution in [2.75, 3.05) is 25.5 Å². The zero-order chi connectivity index (χ0) is 26.9. The Labute approximate surface area is 224 Å². The zero-order valence-corrected chi connectivity index (χ0v) is 22.4. The number of methoxy groups -OCH3 is 1. The summed E-state index contributed by atoms with van der Waals surface area (Å²) in [5, 5.41) is 16.0. The topological polar surface area (TPSA) is 83.8 Å². The van der Waals surface area contributed by atoms with Gasteiger partial charge < -0.3 is 24.6 Å². The van der Waals surface area contributed by atoms with Crippen LogP contribution in [0.5, 0.6) is 0 Å². The molecule has 5 rings (SSSR count). The summed E-state index contributed by atoms with van der Waals surface area (Å²) in [5.74, 6) is -0.605. The van der Waals surface area contributed by atoms with Gasteiger partial charge in [-0.05, 0) is 54.9 Å². The molecule has 2 aromatic carbocycles. The lowest BCUT2D eigenvalue weighted by molar-refractivity contribution is -0.186. The highest BCUT2D eigenvalue weighted by Gasteiger charge is 2.55. The number of carbonyl (C=O) groups is 2. The second kappa shape index (κ2) is 10.3. The van der Waals surface area contributed by atoms with Gasteiger partial charge in [0.1, 0.15) is 0 Å². The number of para-hydroxylation sites is 2. The van der Waals surface area contributed by atoms with Crippen LogP contribution in [0.4, 0.5) is 5.69 Å². The van der Waals surface area contributed by atoms with Crippen LogP contribution in [0.2, 0.25) is 0 Å². The number of nitrogens with one attached hydrogen (secondary N) is 1.